The van der Waals surface area contributed by atoms with Gasteiger partial charge in [-0.25, -0.2) is 8.78 Å². The van der Waals surface area contributed by atoms with Crippen LogP contribution in [0.25, 0.3) is 0 Å². The molecule has 94 valence electrons. The number of benzene rings is 1. The SMILES string of the molecule is N#CCCN(C(=O)c1cc(F)ccc1F)C1CC1. The van der Waals surface area contributed by atoms with Crippen molar-refractivity contribution in [1.82, 2.24) is 4.90 Å². The minimum absolute atomic E-state index is 0.0634. The van der Waals surface area contributed by atoms with Crippen LogP contribution in [0.5, 0.6) is 0 Å². The van der Waals surface area contributed by atoms with Crippen molar-refractivity contribution >= 4 is 5.91 Å². The number of hydrogen-bond acceptors (Lipinski definition) is 2. The summed E-state index contributed by atoms with van der Waals surface area (Å²) in [6, 6.07) is 4.83. The second-order valence-electron chi connectivity index (χ2n) is 4.26. The lowest BCUT2D eigenvalue weighted by Crippen LogP contribution is -2.34. The van der Waals surface area contributed by atoms with Gasteiger partial charge in [-0.2, -0.15) is 5.26 Å². The predicted octanol–water partition coefficient (Wildman–Crippen LogP) is 2.48. The smallest absolute Gasteiger partial charge is 0.257 e. The van der Waals surface area contributed by atoms with Crippen molar-refractivity contribution in [2.75, 3.05) is 6.54 Å². The van der Waals surface area contributed by atoms with Gasteiger partial charge in [-0.05, 0) is 31.0 Å². The van der Waals surface area contributed by atoms with E-state index in [4.69, 9.17) is 5.26 Å². The molecule has 1 aliphatic carbocycles. The minimum atomic E-state index is -0.732. The topological polar surface area (TPSA) is 44.1 Å². The molecule has 0 atom stereocenters. The molecule has 1 aliphatic rings. The maximum absolute atomic E-state index is 13.5. The number of nitrogens with zero attached hydrogens (tertiary/aromatic N) is 2. The van der Waals surface area contributed by atoms with Crippen LogP contribution in [-0.2, 0) is 0 Å². The highest BCUT2D eigenvalue weighted by molar-refractivity contribution is 5.94. The molecule has 1 aromatic carbocycles. The van der Waals surface area contributed by atoms with Crippen LogP contribution in [0, 0.1) is 23.0 Å². The summed E-state index contributed by atoms with van der Waals surface area (Å²) in [4.78, 5) is 13.6. The number of rotatable bonds is 4. The first kappa shape index (κ1) is 12.5. The van der Waals surface area contributed by atoms with Gasteiger partial charge in [0.25, 0.3) is 5.91 Å². The van der Waals surface area contributed by atoms with Crippen LogP contribution in [0.3, 0.4) is 0 Å². The van der Waals surface area contributed by atoms with Gasteiger partial charge in [0.05, 0.1) is 18.1 Å². The van der Waals surface area contributed by atoms with E-state index in [1.54, 1.807) is 0 Å². The number of carbonyl (C=O) groups is 1. The summed E-state index contributed by atoms with van der Waals surface area (Å²) in [5.41, 5.74) is -0.264. The Morgan fingerprint density at radius 2 is 2.17 bits per heavy atom. The lowest BCUT2D eigenvalue weighted by molar-refractivity contribution is 0.0741. The highest BCUT2D eigenvalue weighted by atomic mass is 19.1. The van der Waals surface area contributed by atoms with Gasteiger partial charge in [0.2, 0.25) is 0 Å². The zero-order valence-electron chi connectivity index (χ0n) is 9.70. The first-order valence-electron chi connectivity index (χ1n) is 5.76. The number of halogens is 2. The van der Waals surface area contributed by atoms with Crippen LogP contribution in [0.2, 0.25) is 0 Å². The van der Waals surface area contributed by atoms with Gasteiger partial charge in [0.1, 0.15) is 11.6 Å². The van der Waals surface area contributed by atoms with Crippen LogP contribution in [0.4, 0.5) is 8.78 Å². The monoisotopic (exact) mass is 250 g/mol. The number of nitriles is 1. The summed E-state index contributed by atoms with van der Waals surface area (Å²) < 4.78 is 26.6. The standard InChI is InChI=1S/C13H12F2N2O/c14-9-2-5-12(15)11(8-9)13(18)17(7-1-6-16)10-3-4-10/h2,5,8,10H,1,3-4,7H2. The fourth-order valence-electron chi connectivity index (χ4n) is 1.82. The van der Waals surface area contributed by atoms with E-state index in [1.165, 1.54) is 4.90 Å². The summed E-state index contributed by atoms with van der Waals surface area (Å²) in [5.74, 6) is -1.91. The quantitative estimate of drug-likeness (QED) is 0.824. The molecule has 0 aromatic heterocycles. The van der Waals surface area contributed by atoms with Crippen LogP contribution in [0.15, 0.2) is 18.2 Å². The Bertz CT molecular complexity index is 506. The summed E-state index contributed by atoms with van der Waals surface area (Å²) >= 11 is 0. The molecule has 3 nitrogen and oxygen atoms in total. The highest BCUT2D eigenvalue weighted by Crippen LogP contribution is 2.29. The van der Waals surface area contributed by atoms with Crippen molar-refractivity contribution in [3.8, 4) is 6.07 Å². The molecule has 2 rings (SSSR count). The Kier molecular flexibility index (Phi) is 3.56. The maximum atomic E-state index is 13.5. The molecule has 18 heavy (non-hydrogen) atoms. The zero-order chi connectivity index (χ0) is 13.1. The molecule has 0 bridgehead atoms. The largest absolute Gasteiger partial charge is 0.335 e. The first-order chi connectivity index (χ1) is 8.63. The van der Waals surface area contributed by atoms with E-state index in [-0.39, 0.29) is 24.6 Å². The fraction of sp³-hybridized carbons (Fsp3) is 0.385. The van der Waals surface area contributed by atoms with Gasteiger partial charge in [-0.3, -0.25) is 4.79 Å². The van der Waals surface area contributed by atoms with E-state index in [0.717, 1.165) is 31.0 Å². The average molecular weight is 250 g/mol. The molecule has 0 aliphatic heterocycles. The van der Waals surface area contributed by atoms with Gasteiger partial charge in [-0.15, -0.1) is 0 Å². The second-order valence-corrected chi connectivity index (χ2v) is 4.26. The highest BCUT2D eigenvalue weighted by Gasteiger charge is 2.33. The Hall–Kier alpha value is -1.96. The summed E-state index contributed by atoms with van der Waals surface area (Å²) in [7, 11) is 0. The van der Waals surface area contributed by atoms with E-state index in [2.05, 4.69) is 0 Å². The molecule has 0 heterocycles. The van der Waals surface area contributed by atoms with Crippen LogP contribution in [-0.4, -0.2) is 23.4 Å². The normalized spacial score (nSPS) is 14.1. The zero-order valence-corrected chi connectivity index (χ0v) is 9.70. The molecule has 0 unspecified atom stereocenters. The van der Waals surface area contributed by atoms with Gasteiger partial charge in [-0.1, -0.05) is 0 Å². The first-order valence-corrected chi connectivity index (χ1v) is 5.76. The molecular formula is C13H12F2N2O. The molecular weight excluding hydrogens is 238 g/mol. The second kappa shape index (κ2) is 5.13. The third-order valence-electron chi connectivity index (χ3n) is 2.87. The molecule has 0 radical (unpaired) electrons. The molecule has 0 N–H and O–H groups in total. The molecule has 1 saturated carbocycles. The summed E-state index contributed by atoms with van der Waals surface area (Å²) in [6.45, 7) is 0.260. The van der Waals surface area contributed by atoms with Crippen molar-refractivity contribution in [2.45, 2.75) is 25.3 Å². The Labute approximate surface area is 104 Å². The third kappa shape index (κ3) is 2.65. The van der Waals surface area contributed by atoms with E-state index in [1.807, 2.05) is 6.07 Å². The van der Waals surface area contributed by atoms with Crippen molar-refractivity contribution in [3.05, 3.63) is 35.4 Å². The van der Waals surface area contributed by atoms with Gasteiger partial charge in [0, 0.05) is 12.6 Å². The van der Waals surface area contributed by atoms with Crippen molar-refractivity contribution in [1.29, 1.82) is 5.26 Å². The van der Waals surface area contributed by atoms with Gasteiger partial charge < -0.3 is 4.90 Å². The lowest BCUT2D eigenvalue weighted by Gasteiger charge is -2.21. The number of amides is 1. The molecule has 5 heteroatoms. The minimum Gasteiger partial charge on any atom is -0.335 e. The van der Waals surface area contributed by atoms with Crippen LogP contribution in [0.1, 0.15) is 29.6 Å². The molecule has 0 spiro atoms. The Morgan fingerprint density at radius 1 is 1.44 bits per heavy atom. The molecule has 1 aromatic rings. The average Bonchev–Trinajstić information content (AvgIpc) is 3.17. The molecule has 0 saturated heterocycles. The number of hydrogen-bond donors (Lipinski definition) is 0. The van der Waals surface area contributed by atoms with Crippen LogP contribution >= 0.6 is 0 Å². The van der Waals surface area contributed by atoms with Crippen LogP contribution < -0.4 is 0 Å². The van der Waals surface area contributed by atoms with Gasteiger partial charge >= 0.3 is 0 Å². The summed E-state index contributed by atoms with van der Waals surface area (Å²) in [5, 5.41) is 8.55. The Balaban J connectivity index is 2.22. The third-order valence-corrected chi connectivity index (χ3v) is 2.87. The Morgan fingerprint density at radius 3 is 2.78 bits per heavy atom. The van der Waals surface area contributed by atoms with E-state index in [0.29, 0.717) is 0 Å². The summed E-state index contributed by atoms with van der Waals surface area (Å²) in [6.07, 6.45) is 1.90. The maximum Gasteiger partial charge on any atom is 0.257 e. The van der Waals surface area contributed by atoms with Crippen molar-refractivity contribution in [3.63, 3.8) is 0 Å². The van der Waals surface area contributed by atoms with E-state index in [9.17, 15) is 13.6 Å². The van der Waals surface area contributed by atoms with Crippen molar-refractivity contribution in [2.24, 2.45) is 0 Å². The fourth-order valence-corrected chi connectivity index (χ4v) is 1.82. The van der Waals surface area contributed by atoms with Crippen molar-refractivity contribution < 1.29 is 13.6 Å². The lowest BCUT2D eigenvalue weighted by atomic mass is 10.1. The van der Waals surface area contributed by atoms with E-state index < -0.39 is 17.5 Å². The van der Waals surface area contributed by atoms with Gasteiger partial charge in [0.15, 0.2) is 0 Å². The number of carbonyl (C=O) groups excluding carboxylic acids is 1. The molecule has 1 amide bonds. The molecule has 1 fully saturated rings. The van der Waals surface area contributed by atoms with E-state index >= 15 is 0 Å². The predicted molar refractivity (Wildman–Crippen MR) is 60.6 cm³/mol.